The summed E-state index contributed by atoms with van der Waals surface area (Å²) in [7, 11) is 0. The molecule has 0 aliphatic heterocycles. The van der Waals surface area contributed by atoms with Crippen LogP contribution in [-0.2, 0) is 6.18 Å². The van der Waals surface area contributed by atoms with E-state index in [4.69, 9.17) is 11.6 Å². The molecule has 4 nitrogen and oxygen atoms in total. The minimum Gasteiger partial charge on any atom is -0.249 e. The number of aromatic amines is 1. The minimum atomic E-state index is -4.56. The van der Waals surface area contributed by atoms with Crippen molar-refractivity contribution in [2.75, 3.05) is 0 Å². The maximum Gasteiger partial charge on any atom is 0.418 e. The standard InChI is InChI=1S/C7H3ClF3N3O/c8-4-2-14-5(12-13-6(14)15)1-3(4)7(9,10)11/h1-2H,(H,13,15). The van der Waals surface area contributed by atoms with E-state index >= 15 is 0 Å². The van der Waals surface area contributed by atoms with Crippen molar-refractivity contribution < 1.29 is 13.2 Å². The van der Waals surface area contributed by atoms with Crippen molar-refractivity contribution in [1.82, 2.24) is 14.6 Å². The lowest BCUT2D eigenvalue weighted by molar-refractivity contribution is -0.137. The predicted molar refractivity (Wildman–Crippen MR) is 45.8 cm³/mol. The van der Waals surface area contributed by atoms with Crippen LogP contribution in [0.3, 0.4) is 0 Å². The van der Waals surface area contributed by atoms with Crippen molar-refractivity contribution >= 4 is 17.2 Å². The van der Waals surface area contributed by atoms with Crippen LogP contribution < -0.4 is 5.69 Å². The van der Waals surface area contributed by atoms with Crippen molar-refractivity contribution in [1.29, 1.82) is 0 Å². The van der Waals surface area contributed by atoms with Gasteiger partial charge in [0.15, 0.2) is 5.65 Å². The van der Waals surface area contributed by atoms with Gasteiger partial charge in [0.1, 0.15) is 0 Å². The van der Waals surface area contributed by atoms with Crippen LogP contribution in [0.25, 0.3) is 5.65 Å². The Morgan fingerprint density at radius 3 is 2.73 bits per heavy atom. The number of alkyl halides is 3. The van der Waals surface area contributed by atoms with Crippen molar-refractivity contribution in [2.45, 2.75) is 6.18 Å². The topological polar surface area (TPSA) is 50.2 Å². The number of pyridine rings is 1. The zero-order valence-corrected chi connectivity index (χ0v) is 7.73. The molecule has 0 aliphatic carbocycles. The number of H-pyrrole nitrogens is 1. The van der Waals surface area contributed by atoms with Gasteiger partial charge in [-0.25, -0.2) is 14.3 Å². The molecular weight excluding hydrogens is 235 g/mol. The molecule has 0 unspecified atom stereocenters. The molecule has 8 heteroatoms. The number of fused-ring (bicyclic) bond motifs is 1. The molecule has 0 aromatic carbocycles. The first kappa shape index (κ1) is 10.0. The normalized spacial score (nSPS) is 12.3. The van der Waals surface area contributed by atoms with Crippen LogP contribution >= 0.6 is 11.6 Å². The number of nitrogens with zero attached hydrogens (tertiary/aromatic N) is 2. The van der Waals surface area contributed by atoms with Gasteiger partial charge in [0.25, 0.3) is 0 Å². The molecule has 0 amide bonds. The first-order chi connectivity index (χ1) is 6.89. The molecule has 2 heterocycles. The van der Waals surface area contributed by atoms with E-state index in [9.17, 15) is 18.0 Å². The van der Waals surface area contributed by atoms with E-state index in [0.29, 0.717) is 6.07 Å². The van der Waals surface area contributed by atoms with E-state index in [0.717, 1.165) is 10.6 Å². The summed E-state index contributed by atoms with van der Waals surface area (Å²) in [5.41, 5.74) is -1.78. The van der Waals surface area contributed by atoms with Gasteiger partial charge in [-0.3, -0.25) is 0 Å². The van der Waals surface area contributed by atoms with Crippen molar-refractivity contribution in [3.8, 4) is 0 Å². The molecule has 0 aliphatic rings. The molecule has 0 spiro atoms. The van der Waals surface area contributed by atoms with E-state index in [-0.39, 0.29) is 5.65 Å². The van der Waals surface area contributed by atoms with E-state index < -0.39 is 22.5 Å². The maximum atomic E-state index is 12.4. The largest absolute Gasteiger partial charge is 0.418 e. The van der Waals surface area contributed by atoms with Gasteiger partial charge in [0.05, 0.1) is 10.6 Å². The van der Waals surface area contributed by atoms with Crippen LogP contribution in [0.2, 0.25) is 5.02 Å². The van der Waals surface area contributed by atoms with Gasteiger partial charge in [-0.1, -0.05) is 11.6 Å². The van der Waals surface area contributed by atoms with Gasteiger partial charge in [0, 0.05) is 6.20 Å². The molecule has 0 saturated carbocycles. The van der Waals surface area contributed by atoms with Crippen LogP contribution in [0.15, 0.2) is 17.1 Å². The van der Waals surface area contributed by atoms with Gasteiger partial charge in [-0.05, 0) is 6.07 Å². The number of hydrogen-bond acceptors (Lipinski definition) is 2. The highest BCUT2D eigenvalue weighted by Gasteiger charge is 2.34. The second-order valence-corrected chi connectivity index (χ2v) is 3.20. The zero-order valence-electron chi connectivity index (χ0n) is 6.97. The van der Waals surface area contributed by atoms with E-state index in [1.54, 1.807) is 0 Å². The third kappa shape index (κ3) is 1.58. The van der Waals surface area contributed by atoms with Crippen LogP contribution in [0.5, 0.6) is 0 Å². The summed E-state index contributed by atoms with van der Waals surface area (Å²) < 4.78 is 38.0. The van der Waals surface area contributed by atoms with Crippen molar-refractivity contribution in [2.24, 2.45) is 0 Å². The molecule has 0 atom stereocenters. The molecule has 2 aromatic heterocycles. The fourth-order valence-electron chi connectivity index (χ4n) is 1.14. The first-order valence-corrected chi connectivity index (χ1v) is 4.11. The molecule has 0 saturated heterocycles. The molecule has 0 fully saturated rings. The quantitative estimate of drug-likeness (QED) is 0.758. The zero-order chi connectivity index (χ0) is 11.2. The highest BCUT2D eigenvalue weighted by Crippen LogP contribution is 2.34. The second-order valence-electron chi connectivity index (χ2n) is 2.79. The molecule has 2 aromatic rings. The van der Waals surface area contributed by atoms with Crippen LogP contribution in [0.4, 0.5) is 13.2 Å². The monoisotopic (exact) mass is 237 g/mol. The summed E-state index contributed by atoms with van der Waals surface area (Å²) >= 11 is 5.40. The van der Waals surface area contributed by atoms with Crippen molar-refractivity contribution in [3.63, 3.8) is 0 Å². The van der Waals surface area contributed by atoms with Crippen LogP contribution in [0, 0.1) is 0 Å². The Bertz CT molecular complexity index is 571. The van der Waals surface area contributed by atoms with Gasteiger partial charge < -0.3 is 0 Å². The summed E-state index contributed by atoms with van der Waals surface area (Å²) in [5.74, 6) is 0. The Morgan fingerprint density at radius 2 is 2.13 bits per heavy atom. The maximum absolute atomic E-state index is 12.4. The lowest BCUT2D eigenvalue weighted by atomic mass is 10.2. The third-order valence-corrected chi connectivity index (χ3v) is 2.11. The van der Waals surface area contributed by atoms with Crippen LogP contribution in [-0.4, -0.2) is 14.6 Å². The molecule has 0 bridgehead atoms. The Kier molecular flexibility index (Phi) is 2.00. The van der Waals surface area contributed by atoms with Gasteiger partial charge in [-0.15, -0.1) is 0 Å². The van der Waals surface area contributed by atoms with Gasteiger partial charge in [0.2, 0.25) is 0 Å². The molecule has 0 radical (unpaired) electrons. The lowest BCUT2D eigenvalue weighted by Gasteiger charge is -2.08. The smallest absolute Gasteiger partial charge is 0.249 e. The van der Waals surface area contributed by atoms with E-state index in [1.807, 2.05) is 5.10 Å². The summed E-state index contributed by atoms with van der Waals surface area (Å²) in [6.45, 7) is 0. The Labute approximate surface area is 85.3 Å². The SMILES string of the molecule is O=c1[nH]nc2cc(C(F)(F)F)c(Cl)cn12. The number of nitrogens with one attached hydrogen (secondary N) is 1. The van der Waals surface area contributed by atoms with Gasteiger partial charge in [-0.2, -0.15) is 18.3 Å². The highest BCUT2D eigenvalue weighted by molar-refractivity contribution is 6.31. The average molecular weight is 238 g/mol. The molecule has 2 rings (SSSR count). The second kappa shape index (κ2) is 2.99. The Morgan fingerprint density at radius 1 is 1.47 bits per heavy atom. The number of hydrogen-bond donors (Lipinski definition) is 1. The Balaban J connectivity index is 2.80. The van der Waals surface area contributed by atoms with E-state index in [1.165, 1.54) is 0 Å². The number of aromatic nitrogens is 3. The first-order valence-electron chi connectivity index (χ1n) is 3.73. The molecule has 80 valence electrons. The summed E-state index contributed by atoms with van der Waals surface area (Å²) in [6.07, 6.45) is -3.68. The van der Waals surface area contributed by atoms with Crippen LogP contribution in [0.1, 0.15) is 5.56 Å². The summed E-state index contributed by atoms with van der Waals surface area (Å²) in [4.78, 5) is 11.0. The minimum absolute atomic E-state index is 0.128. The molecular formula is C7H3ClF3N3O. The van der Waals surface area contributed by atoms with Gasteiger partial charge >= 0.3 is 11.9 Å². The van der Waals surface area contributed by atoms with Crippen molar-refractivity contribution in [3.05, 3.63) is 33.3 Å². The summed E-state index contributed by atoms with van der Waals surface area (Å²) in [5, 5.41) is 4.87. The number of rotatable bonds is 0. The highest BCUT2D eigenvalue weighted by atomic mass is 35.5. The molecule has 1 N–H and O–H groups in total. The fraction of sp³-hybridized carbons (Fsp3) is 0.143. The lowest BCUT2D eigenvalue weighted by Crippen LogP contribution is -2.11. The van der Waals surface area contributed by atoms with E-state index in [2.05, 4.69) is 5.10 Å². The Hall–Kier alpha value is -1.50. The molecule has 15 heavy (non-hydrogen) atoms. The third-order valence-electron chi connectivity index (χ3n) is 1.81. The number of halogens is 4. The predicted octanol–water partition coefficient (Wildman–Crippen LogP) is 1.69. The fourth-order valence-corrected chi connectivity index (χ4v) is 1.40. The average Bonchev–Trinajstić information content (AvgIpc) is 2.45. The summed E-state index contributed by atoms with van der Waals surface area (Å²) in [6, 6.07) is 0.709.